The van der Waals surface area contributed by atoms with Gasteiger partial charge >= 0.3 is 0 Å². The van der Waals surface area contributed by atoms with Crippen LogP contribution in [0.15, 0.2) is 17.5 Å². The lowest BCUT2D eigenvalue weighted by molar-refractivity contribution is 0.0296. The van der Waals surface area contributed by atoms with Crippen LogP contribution >= 0.6 is 11.3 Å². The van der Waals surface area contributed by atoms with Gasteiger partial charge in [0.05, 0.1) is 6.61 Å². The van der Waals surface area contributed by atoms with Gasteiger partial charge in [-0.25, -0.2) is 0 Å². The predicted octanol–water partition coefficient (Wildman–Crippen LogP) is 1.59. The van der Waals surface area contributed by atoms with Gasteiger partial charge in [-0.3, -0.25) is 0 Å². The molecule has 0 aromatic carbocycles. The van der Waals surface area contributed by atoms with Gasteiger partial charge in [0.15, 0.2) is 0 Å². The van der Waals surface area contributed by atoms with E-state index in [9.17, 15) is 0 Å². The molecular weight excluding hydrogens is 232 g/mol. The molecular formula is C13H22N2OS. The average Bonchev–Trinajstić information content (AvgIpc) is 2.82. The third-order valence-electron chi connectivity index (χ3n) is 3.40. The van der Waals surface area contributed by atoms with E-state index in [1.54, 1.807) is 0 Å². The quantitative estimate of drug-likeness (QED) is 0.867. The molecule has 0 amide bonds. The number of hydrogen-bond acceptors (Lipinski definition) is 4. The summed E-state index contributed by atoms with van der Waals surface area (Å²) in [6, 6.07) is 4.63. The Labute approximate surface area is 108 Å². The van der Waals surface area contributed by atoms with Crippen LogP contribution in [0.25, 0.3) is 0 Å². The summed E-state index contributed by atoms with van der Waals surface area (Å²) in [5.74, 6) is 0.497. The molecule has 1 aromatic rings. The molecule has 96 valence electrons. The van der Waals surface area contributed by atoms with E-state index in [2.05, 4.69) is 29.5 Å². The summed E-state index contributed by atoms with van der Waals surface area (Å²) in [5, 5.41) is 2.14. The molecule has 0 spiro atoms. The molecule has 1 fully saturated rings. The second-order valence-electron chi connectivity index (χ2n) is 4.88. The molecule has 4 heteroatoms. The lowest BCUT2D eigenvalue weighted by Gasteiger charge is -2.31. The fourth-order valence-electron chi connectivity index (χ4n) is 2.25. The van der Waals surface area contributed by atoms with Crippen LogP contribution < -0.4 is 5.73 Å². The van der Waals surface area contributed by atoms with Crippen molar-refractivity contribution in [1.82, 2.24) is 4.90 Å². The van der Waals surface area contributed by atoms with Crippen LogP contribution in [0.4, 0.5) is 0 Å². The summed E-state index contributed by atoms with van der Waals surface area (Å²) in [7, 11) is 2.18. The minimum Gasteiger partial charge on any atom is -0.381 e. The highest BCUT2D eigenvalue weighted by molar-refractivity contribution is 7.09. The van der Waals surface area contributed by atoms with Gasteiger partial charge in [0.2, 0.25) is 0 Å². The molecule has 0 aliphatic carbocycles. The molecule has 1 saturated heterocycles. The van der Waals surface area contributed by atoms with Crippen molar-refractivity contribution < 1.29 is 4.74 Å². The van der Waals surface area contributed by atoms with Crippen LogP contribution in [0.3, 0.4) is 0 Å². The molecule has 1 aromatic heterocycles. The van der Waals surface area contributed by atoms with Crippen LogP contribution in [-0.2, 0) is 11.2 Å². The Morgan fingerprint density at radius 2 is 2.47 bits per heavy atom. The summed E-state index contributed by atoms with van der Waals surface area (Å²) in [4.78, 5) is 3.83. The predicted molar refractivity (Wildman–Crippen MR) is 72.4 cm³/mol. The summed E-state index contributed by atoms with van der Waals surface area (Å²) in [6.07, 6.45) is 2.14. The second-order valence-corrected chi connectivity index (χ2v) is 5.91. The van der Waals surface area contributed by atoms with Crippen LogP contribution in [0, 0.1) is 5.92 Å². The molecule has 2 unspecified atom stereocenters. The van der Waals surface area contributed by atoms with Gasteiger partial charge in [-0.15, -0.1) is 11.3 Å². The maximum atomic E-state index is 6.11. The molecule has 17 heavy (non-hydrogen) atoms. The minimum absolute atomic E-state index is 0.313. The Balaban J connectivity index is 1.71. The zero-order valence-electron chi connectivity index (χ0n) is 10.5. The maximum absolute atomic E-state index is 6.11. The fourth-order valence-corrected chi connectivity index (χ4v) is 2.95. The van der Waals surface area contributed by atoms with Gasteiger partial charge in [0, 0.05) is 36.5 Å². The van der Waals surface area contributed by atoms with Gasteiger partial charge in [0.25, 0.3) is 0 Å². The Morgan fingerprint density at radius 1 is 1.59 bits per heavy atom. The molecule has 0 saturated carbocycles. The van der Waals surface area contributed by atoms with E-state index in [0.717, 1.165) is 39.1 Å². The highest BCUT2D eigenvalue weighted by atomic mass is 32.1. The molecule has 0 bridgehead atoms. The third kappa shape index (κ3) is 4.07. The first-order valence-corrected chi connectivity index (χ1v) is 7.18. The van der Waals surface area contributed by atoms with Crippen molar-refractivity contribution in [2.24, 2.45) is 11.7 Å². The lowest BCUT2D eigenvalue weighted by Crippen LogP contribution is -2.44. The Bertz CT molecular complexity index is 315. The van der Waals surface area contributed by atoms with Crippen LogP contribution in [0.1, 0.15) is 11.3 Å². The average molecular weight is 254 g/mol. The molecule has 1 aliphatic rings. The van der Waals surface area contributed by atoms with Crippen molar-refractivity contribution in [2.45, 2.75) is 18.9 Å². The summed E-state index contributed by atoms with van der Waals surface area (Å²) < 4.78 is 5.50. The van der Waals surface area contributed by atoms with Gasteiger partial charge < -0.3 is 15.4 Å². The smallest absolute Gasteiger partial charge is 0.0521 e. The number of hydrogen-bond donors (Lipinski definition) is 1. The Morgan fingerprint density at radius 3 is 3.18 bits per heavy atom. The zero-order valence-corrected chi connectivity index (χ0v) is 11.3. The first-order chi connectivity index (χ1) is 8.25. The molecule has 3 nitrogen and oxygen atoms in total. The van der Waals surface area contributed by atoms with Crippen molar-refractivity contribution >= 4 is 11.3 Å². The van der Waals surface area contributed by atoms with E-state index in [0.29, 0.717) is 12.0 Å². The number of rotatable bonds is 5. The number of nitrogens with two attached hydrogens (primary N) is 1. The first-order valence-electron chi connectivity index (χ1n) is 6.30. The molecule has 2 rings (SSSR count). The van der Waals surface area contributed by atoms with E-state index in [1.807, 2.05) is 11.3 Å². The maximum Gasteiger partial charge on any atom is 0.0521 e. The van der Waals surface area contributed by atoms with Gasteiger partial charge in [0.1, 0.15) is 0 Å². The van der Waals surface area contributed by atoms with Crippen molar-refractivity contribution in [2.75, 3.05) is 33.4 Å². The highest BCUT2D eigenvalue weighted by Crippen LogP contribution is 2.15. The van der Waals surface area contributed by atoms with E-state index >= 15 is 0 Å². The fraction of sp³-hybridized carbons (Fsp3) is 0.692. The van der Waals surface area contributed by atoms with E-state index in [4.69, 9.17) is 10.5 Å². The normalized spacial score (nSPS) is 25.4. The molecule has 2 N–H and O–H groups in total. The minimum atomic E-state index is 0.313. The molecule has 2 heterocycles. The Hall–Kier alpha value is -0.420. The van der Waals surface area contributed by atoms with Crippen LogP contribution in [0.2, 0.25) is 0 Å². The van der Waals surface area contributed by atoms with Crippen molar-refractivity contribution in [1.29, 1.82) is 0 Å². The standard InChI is InChI=1S/C13H22N2OS/c1-15(6-4-12-3-2-8-17-12)9-11-10-16-7-5-13(11)14/h2-3,8,11,13H,4-7,9-10,14H2,1H3. The zero-order chi connectivity index (χ0) is 12.1. The number of likely N-dealkylation sites (N-methyl/N-ethyl adjacent to an activating group) is 1. The van der Waals surface area contributed by atoms with Gasteiger partial charge in [-0.1, -0.05) is 6.07 Å². The molecule has 1 aliphatic heterocycles. The first kappa shape index (κ1) is 13.0. The lowest BCUT2D eigenvalue weighted by atomic mass is 9.96. The van der Waals surface area contributed by atoms with E-state index in [-0.39, 0.29) is 0 Å². The SMILES string of the molecule is CN(CCc1cccs1)CC1COCCC1N. The van der Waals surface area contributed by atoms with Gasteiger partial charge in [-0.05, 0) is 31.3 Å². The van der Waals surface area contributed by atoms with Gasteiger partial charge in [-0.2, -0.15) is 0 Å². The molecule has 0 radical (unpaired) electrons. The topological polar surface area (TPSA) is 38.5 Å². The summed E-state index contributed by atoms with van der Waals surface area (Å²) in [5.41, 5.74) is 6.11. The van der Waals surface area contributed by atoms with Crippen LogP contribution in [0.5, 0.6) is 0 Å². The largest absolute Gasteiger partial charge is 0.381 e. The molecule has 2 atom stereocenters. The number of nitrogens with zero attached hydrogens (tertiary/aromatic N) is 1. The monoisotopic (exact) mass is 254 g/mol. The van der Waals surface area contributed by atoms with Crippen molar-refractivity contribution in [3.63, 3.8) is 0 Å². The Kier molecular flexibility index (Phi) is 4.98. The van der Waals surface area contributed by atoms with Crippen molar-refractivity contribution in [3.8, 4) is 0 Å². The number of thiophene rings is 1. The van der Waals surface area contributed by atoms with Crippen molar-refractivity contribution in [3.05, 3.63) is 22.4 Å². The van der Waals surface area contributed by atoms with E-state index < -0.39 is 0 Å². The third-order valence-corrected chi connectivity index (χ3v) is 4.34. The summed E-state index contributed by atoms with van der Waals surface area (Å²) in [6.45, 7) is 3.80. The van der Waals surface area contributed by atoms with Crippen LogP contribution in [-0.4, -0.2) is 44.3 Å². The second kappa shape index (κ2) is 6.50. The van der Waals surface area contributed by atoms with E-state index in [1.165, 1.54) is 4.88 Å². The number of ether oxygens (including phenoxy) is 1. The summed E-state index contributed by atoms with van der Waals surface area (Å²) >= 11 is 1.84. The highest BCUT2D eigenvalue weighted by Gasteiger charge is 2.23.